The number of hydrogen-bond donors (Lipinski definition) is 2. The first-order chi connectivity index (χ1) is 12.0. The fourth-order valence-electron chi connectivity index (χ4n) is 5.20. The fourth-order valence-corrected chi connectivity index (χ4v) is 5.20. The first kappa shape index (κ1) is 17.1. The summed E-state index contributed by atoms with van der Waals surface area (Å²) in [5.41, 5.74) is 2.29. The SMILES string of the molecule is CCN1C[C@H]2[C@@H](c3cc4c(cc3C)OCO4)N[C@](CO)(C(C)C)[C@H]2C1. The lowest BCUT2D eigenvalue weighted by molar-refractivity contribution is 0.0869. The molecule has 25 heavy (non-hydrogen) atoms. The van der Waals surface area contributed by atoms with Crippen molar-refractivity contribution in [3.05, 3.63) is 23.3 Å². The van der Waals surface area contributed by atoms with Gasteiger partial charge in [0.25, 0.3) is 0 Å². The molecule has 2 fully saturated rings. The number of likely N-dealkylation sites (tertiary alicyclic amines) is 1. The molecule has 0 aromatic heterocycles. The maximum atomic E-state index is 10.4. The van der Waals surface area contributed by atoms with Crippen LogP contribution >= 0.6 is 0 Å². The van der Waals surface area contributed by atoms with E-state index in [1.807, 2.05) is 0 Å². The Hall–Kier alpha value is -1.30. The second-order valence-electron chi connectivity index (χ2n) is 8.16. The molecule has 3 heterocycles. The molecule has 4 rings (SSSR count). The summed E-state index contributed by atoms with van der Waals surface area (Å²) >= 11 is 0. The fraction of sp³-hybridized carbons (Fsp3) is 0.700. The van der Waals surface area contributed by atoms with Crippen LogP contribution in [0.25, 0.3) is 0 Å². The average molecular weight is 346 g/mol. The first-order valence-electron chi connectivity index (χ1n) is 9.51. The van der Waals surface area contributed by atoms with Gasteiger partial charge in [-0.3, -0.25) is 0 Å². The third-order valence-corrected chi connectivity index (χ3v) is 6.79. The zero-order valence-electron chi connectivity index (χ0n) is 15.7. The highest BCUT2D eigenvalue weighted by Gasteiger charge is 2.57. The number of benzene rings is 1. The normalized spacial score (nSPS) is 34.1. The molecular formula is C20H30N2O3. The number of nitrogens with zero attached hydrogens (tertiary/aromatic N) is 1. The Bertz CT molecular complexity index is 663. The van der Waals surface area contributed by atoms with Gasteiger partial charge in [0.05, 0.1) is 6.61 Å². The second-order valence-corrected chi connectivity index (χ2v) is 8.16. The Morgan fingerprint density at radius 1 is 1.28 bits per heavy atom. The molecule has 138 valence electrons. The predicted molar refractivity (Wildman–Crippen MR) is 96.9 cm³/mol. The molecule has 0 unspecified atom stereocenters. The van der Waals surface area contributed by atoms with Gasteiger partial charge in [-0.05, 0) is 54.5 Å². The van der Waals surface area contributed by atoms with Crippen molar-refractivity contribution in [2.45, 2.75) is 39.3 Å². The van der Waals surface area contributed by atoms with Crippen molar-refractivity contribution < 1.29 is 14.6 Å². The Morgan fingerprint density at radius 3 is 2.64 bits per heavy atom. The van der Waals surface area contributed by atoms with Crippen LogP contribution in [0.2, 0.25) is 0 Å². The number of aliphatic hydroxyl groups is 1. The average Bonchev–Trinajstić information content (AvgIpc) is 3.27. The molecule has 0 saturated carbocycles. The van der Waals surface area contributed by atoms with E-state index in [-0.39, 0.29) is 18.2 Å². The van der Waals surface area contributed by atoms with E-state index in [1.165, 1.54) is 11.1 Å². The molecule has 1 aromatic carbocycles. The molecule has 5 nitrogen and oxygen atoms in total. The number of aryl methyl sites for hydroxylation is 1. The number of aliphatic hydroxyl groups excluding tert-OH is 1. The van der Waals surface area contributed by atoms with Crippen LogP contribution in [0.3, 0.4) is 0 Å². The molecular weight excluding hydrogens is 316 g/mol. The van der Waals surface area contributed by atoms with Crippen LogP contribution in [0.1, 0.15) is 37.9 Å². The second kappa shape index (κ2) is 6.15. The van der Waals surface area contributed by atoms with Crippen molar-refractivity contribution in [2.24, 2.45) is 17.8 Å². The Balaban J connectivity index is 1.75. The molecule has 0 aliphatic carbocycles. The number of fused-ring (bicyclic) bond motifs is 2. The van der Waals surface area contributed by atoms with E-state index in [0.717, 1.165) is 31.1 Å². The lowest BCUT2D eigenvalue weighted by atomic mass is 9.74. The molecule has 1 aromatic rings. The number of nitrogens with one attached hydrogen (secondary N) is 1. The zero-order valence-corrected chi connectivity index (χ0v) is 15.7. The van der Waals surface area contributed by atoms with Crippen molar-refractivity contribution >= 4 is 0 Å². The maximum absolute atomic E-state index is 10.4. The van der Waals surface area contributed by atoms with Crippen molar-refractivity contribution in [3.63, 3.8) is 0 Å². The van der Waals surface area contributed by atoms with Crippen LogP contribution in [0, 0.1) is 24.7 Å². The first-order valence-corrected chi connectivity index (χ1v) is 9.51. The summed E-state index contributed by atoms with van der Waals surface area (Å²) in [6.07, 6.45) is 0. The standard InChI is InChI=1S/C20H30N2O3/c1-5-22-8-15-16(9-22)20(10-23,12(2)3)21-19(15)14-7-18-17(6-13(14)4)24-11-25-18/h6-7,12,15-16,19,21,23H,5,8-11H2,1-4H3/t15-,16+,19-,20-/m1/s1. The van der Waals surface area contributed by atoms with Crippen LogP contribution in [-0.2, 0) is 0 Å². The van der Waals surface area contributed by atoms with Gasteiger partial charge in [-0.25, -0.2) is 0 Å². The number of rotatable bonds is 4. The molecule has 2 N–H and O–H groups in total. The summed E-state index contributed by atoms with van der Waals surface area (Å²) in [4.78, 5) is 2.53. The monoisotopic (exact) mass is 346 g/mol. The van der Waals surface area contributed by atoms with Crippen LogP contribution in [-0.4, -0.2) is 48.6 Å². The quantitative estimate of drug-likeness (QED) is 0.876. The Morgan fingerprint density at radius 2 is 2.00 bits per heavy atom. The summed E-state index contributed by atoms with van der Waals surface area (Å²) in [6.45, 7) is 12.5. The van der Waals surface area contributed by atoms with E-state index >= 15 is 0 Å². The molecule has 0 radical (unpaired) electrons. The van der Waals surface area contributed by atoms with Crippen molar-refractivity contribution in [1.29, 1.82) is 0 Å². The largest absolute Gasteiger partial charge is 0.454 e. The van der Waals surface area contributed by atoms with Crippen molar-refractivity contribution in [1.82, 2.24) is 10.2 Å². The summed E-state index contributed by atoms with van der Waals surface area (Å²) in [7, 11) is 0. The smallest absolute Gasteiger partial charge is 0.231 e. The molecule has 4 atom stereocenters. The van der Waals surface area contributed by atoms with Gasteiger partial charge in [-0.15, -0.1) is 0 Å². The van der Waals surface area contributed by atoms with Gasteiger partial charge >= 0.3 is 0 Å². The van der Waals surface area contributed by atoms with E-state index in [9.17, 15) is 5.11 Å². The van der Waals surface area contributed by atoms with E-state index in [2.05, 4.69) is 50.0 Å². The summed E-state index contributed by atoms with van der Waals surface area (Å²) in [5, 5.41) is 14.2. The molecule has 5 heteroatoms. The molecule has 0 bridgehead atoms. The topological polar surface area (TPSA) is 54.0 Å². The molecule has 0 spiro atoms. The minimum atomic E-state index is -0.220. The Kier molecular flexibility index (Phi) is 4.21. The van der Waals surface area contributed by atoms with Gasteiger partial charge in [-0.2, -0.15) is 0 Å². The molecule has 3 aliphatic heterocycles. The third-order valence-electron chi connectivity index (χ3n) is 6.79. The van der Waals surface area contributed by atoms with Crippen LogP contribution in [0.15, 0.2) is 12.1 Å². The van der Waals surface area contributed by atoms with Gasteiger partial charge < -0.3 is 24.8 Å². The highest BCUT2D eigenvalue weighted by Crippen LogP contribution is 2.51. The van der Waals surface area contributed by atoms with Crippen molar-refractivity contribution in [2.75, 3.05) is 33.0 Å². The van der Waals surface area contributed by atoms with Crippen LogP contribution in [0.4, 0.5) is 0 Å². The maximum Gasteiger partial charge on any atom is 0.231 e. The highest BCUT2D eigenvalue weighted by molar-refractivity contribution is 5.50. The number of hydrogen-bond acceptors (Lipinski definition) is 5. The third kappa shape index (κ3) is 2.47. The van der Waals surface area contributed by atoms with E-state index in [0.29, 0.717) is 24.5 Å². The van der Waals surface area contributed by atoms with Crippen molar-refractivity contribution in [3.8, 4) is 11.5 Å². The summed E-state index contributed by atoms with van der Waals surface area (Å²) in [6, 6.07) is 4.48. The molecule has 0 amide bonds. The lowest BCUT2D eigenvalue weighted by Crippen LogP contribution is -2.54. The van der Waals surface area contributed by atoms with Gasteiger partial charge in [0.15, 0.2) is 11.5 Å². The van der Waals surface area contributed by atoms with E-state index in [1.54, 1.807) is 0 Å². The Labute approximate surface area is 150 Å². The molecule has 3 aliphatic rings. The van der Waals surface area contributed by atoms with Gasteiger partial charge in [0.1, 0.15) is 0 Å². The minimum Gasteiger partial charge on any atom is -0.454 e. The predicted octanol–water partition coefficient (Wildman–Crippen LogP) is 2.32. The van der Waals surface area contributed by atoms with E-state index in [4.69, 9.17) is 9.47 Å². The molecule has 2 saturated heterocycles. The zero-order chi connectivity index (χ0) is 17.8. The summed E-state index contributed by atoms with van der Waals surface area (Å²) in [5.74, 6) is 3.03. The minimum absolute atomic E-state index is 0.184. The van der Waals surface area contributed by atoms with E-state index < -0.39 is 0 Å². The van der Waals surface area contributed by atoms with Crippen LogP contribution < -0.4 is 14.8 Å². The summed E-state index contributed by atoms with van der Waals surface area (Å²) < 4.78 is 11.2. The van der Waals surface area contributed by atoms with Gasteiger partial charge in [-0.1, -0.05) is 20.8 Å². The van der Waals surface area contributed by atoms with Crippen LogP contribution in [0.5, 0.6) is 11.5 Å². The highest BCUT2D eigenvalue weighted by atomic mass is 16.7. The van der Waals surface area contributed by atoms with Gasteiger partial charge in [0, 0.05) is 24.7 Å². The van der Waals surface area contributed by atoms with Gasteiger partial charge in [0.2, 0.25) is 6.79 Å². The lowest BCUT2D eigenvalue weighted by Gasteiger charge is -2.38. The number of ether oxygens (including phenoxy) is 2.